The molecule has 0 aliphatic rings. The van der Waals surface area contributed by atoms with Crippen LogP contribution in [0.5, 0.6) is 0 Å². The van der Waals surface area contributed by atoms with Crippen LogP contribution in [0.1, 0.15) is 16.1 Å². The molecule has 0 aromatic carbocycles. The van der Waals surface area contributed by atoms with Crippen LogP contribution in [0.4, 0.5) is 0 Å². The fourth-order valence-corrected chi connectivity index (χ4v) is 0.657. The van der Waals surface area contributed by atoms with Crippen LogP contribution in [0.15, 0.2) is 24.9 Å². The van der Waals surface area contributed by atoms with Gasteiger partial charge in [0.1, 0.15) is 5.69 Å². The van der Waals surface area contributed by atoms with Crippen LogP contribution in [0.2, 0.25) is 0 Å². The van der Waals surface area contributed by atoms with Gasteiger partial charge >= 0.3 is 0 Å². The number of carbonyl (C=O) groups is 1. The Bertz CT molecular complexity index is 232. The summed E-state index contributed by atoms with van der Waals surface area (Å²) in [6.07, 6.45) is 3.97. The Hall–Kier alpha value is -1.44. The number of hydrogen-bond acceptors (Lipinski definition) is 2. The van der Waals surface area contributed by atoms with Crippen molar-refractivity contribution in [2.75, 3.05) is 0 Å². The number of aromatic nitrogens is 1. The van der Waals surface area contributed by atoms with E-state index in [-0.39, 0.29) is 0 Å². The van der Waals surface area contributed by atoms with Gasteiger partial charge in [-0.3, -0.25) is 9.78 Å². The minimum absolute atomic E-state index is 0.442. The van der Waals surface area contributed by atoms with E-state index in [9.17, 15) is 4.79 Å². The SMILES string of the molecule is C=Cc1ccnc(C=O)c1. The van der Waals surface area contributed by atoms with Gasteiger partial charge in [0.15, 0.2) is 6.29 Å². The Kier molecular flexibility index (Phi) is 1.95. The minimum atomic E-state index is 0.442. The number of hydrogen-bond donors (Lipinski definition) is 0. The Balaban J connectivity index is 3.09. The Labute approximate surface area is 59.2 Å². The van der Waals surface area contributed by atoms with Crippen molar-refractivity contribution in [3.8, 4) is 0 Å². The molecular formula is C8H7NO. The summed E-state index contributed by atoms with van der Waals surface area (Å²) in [5.41, 5.74) is 1.36. The highest BCUT2D eigenvalue weighted by molar-refractivity contribution is 5.73. The molecule has 2 heteroatoms. The molecule has 0 spiro atoms. The number of pyridine rings is 1. The maximum atomic E-state index is 10.2. The highest BCUT2D eigenvalue weighted by atomic mass is 16.1. The lowest BCUT2D eigenvalue weighted by Crippen LogP contribution is -1.84. The molecule has 0 fully saturated rings. The first-order valence-electron chi connectivity index (χ1n) is 2.90. The molecule has 0 aliphatic carbocycles. The van der Waals surface area contributed by atoms with E-state index in [0.29, 0.717) is 12.0 Å². The van der Waals surface area contributed by atoms with Gasteiger partial charge < -0.3 is 0 Å². The van der Waals surface area contributed by atoms with Gasteiger partial charge in [0.05, 0.1) is 0 Å². The van der Waals surface area contributed by atoms with E-state index >= 15 is 0 Å². The predicted molar refractivity (Wildman–Crippen MR) is 39.7 cm³/mol. The monoisotopic (exact) mass is 133 g/mol. The molecule has 10 heavy (non-hydrogen) atoms. The lowest BCUT2D eigenvalue weighted by molar-refractivity contribution is 0.111. The maximum absolute atomic E-state index is 10.2. The highest BCUT2D eigenvalue weighted by Gasteiger charge is 1.89. The van der Waals surface area contributed by atoms with Gasteiger partial charge in [-0.05, 0) is 17.7 Å². The Morgan fingerprint density at radius 1 is 1.60 bits per heavy atom. The first-order valence-corrected chi connectivity index (χ1v) is 2.90. The lowest BCUT2D eigenvalue weighted by Gasteiger charge is -1.90. The summed E-state index contributed by atoms with van der Waals surface area (Å²) < 4.78 is 0. The normalized spacial score (nSPS) is 8.80. The molecule has 1 rings (SSSR count). The molecule has 0 N–H and O–H groups in total. The van der Waals surface area contributed by atoms with Crippen molar-refractivity contribution < 1.29 is 4.79 Å². The van der Waals surface area contributed by atoms with E-state index in [1.807, 2.05) is 0 Å². The summed E-state index contributed by atoms with van der Waals surface area (Å²) in [6.45, 7) is 3.56. The molecule has 0 amide bonds. The zero-order valence-corrected chi connectivity index (χ0v) is 5.45. The summed E-state index contributed by atoms with van der Waals surface area (Å²) in [7, 11) is 0. The van der Waals surface area contributed by atoms with Crippen molar-refractivity contribution in [2.45, 2.75) is 0 Å². The van der Waals surface area contributed by atoms with Crippen molar-refractivity contribution in [1.29, 1.82) is 0 Å². The molecule has 0 bridgehead atoms. The third kappa shape index (κ3) is 1.29. The molecule has 0 radical (unpaired) electrons. The zero-order valence-electron chi connectivity index (χ0n) is 5.45. The van der Waals surface area contributed by atoms with E-state index < -0.39 is 0 Å². The fraction of sp³-hybridized carbons (Fsp3) is 0. The molecule has 1 heterocycles. The molecule has 1 aromatic rings. The van der Waals surface area contributed by atoms with Crippen LogP contribution < -0.4 is 0 Å². The molecule has 0 aliphatic heterocycles. The van der Waals surface area contributed by atoms with E-state index in [4.69, 9.17) is 0 Å². The standard InChI is InChI=1S/C8H7NO/c1-2-7-3-4-9-8(5-7)6-10/h2-6H,1H2. The van der Waals surface area contributed by atoms with Gasteiger partial charge in [-0.15, -0.1) is 0 Å². The van der Waals surface area contributed by atoms with Crippen LogP contribution >= 0.6 is 0 Å². The largest absolute Gasteiger partial charge is 0.296 e. The number of nitrogens with zero attached hydrogens (tertiary/aromatic N) is 1. The van der Waals surface area contributed by atoms with Crippen molar-refractivity contribution in [3.63, 3.8) is 0 Å². The lowest BCUT2D eigenvalue weighted by atomic mass is 10.2. The topological polar surface area (TPSA) is 30.0 Å². The van der Waals surface area contributed by atoms with E-state index in [1.165, 1.54) is 0 Å². The second-order valence-electron chi connectivity index (χ2n) is 1.84. The van der Waals surface area contributed by atoms with Crippen molar-refractivity contribution in [3.05, 3.63) is 36.2 Å². The molecule has 2 nitrogen and oxygen atoms in total. The molecule has 0 unspecified atom stereocenters. The predicted octanol–water partition coefficient (Wildman–Crippen LogP) is 1.54. The Morgan fingerprint density at radius 2 is 2.40 bits per heavy atom. The third-order valence-corrected chi connectivity index (χ3v) is 1.16. The zero-order chi connectivity index (χ0) is 7.40. The van der Waals surface area contributed by atoms with Gasteiger partial charge in [0.25, 0.3) is 0 Å². The first-order chi connectivity index (χ1) is 4.86. The molecule has 50 valence electrons. The third-order valence-electron chi connectivity index (χ3n) is 1.16. The first kappa shape index (κ1) is 6.68. The molecule has 0 atom stereocenters. The van der Waals surface area contributed by atoms with Crippen molar-refractivity contribution in [2.24, 2.45) is 0 Å². The van der Waals surface area contributed by atoms with Gasteiger partial charge in [-0.2, -0.15) is 0 Å². The molecular weight excluding hydrogens is 126 g/mol. The highest BCUT2D eigenvalue weighted by Crippen LogP contribution is 1.99. The van der Waals surface area contributed by atoms with Crippen LogP contribution in [0, 0.1) is 0 Å². The maximum Gasteiger partial charge on any atom is 0.168 e. The van der Waals surface area contributed by atoms with E-state index in [2.05, 4.69) is 11.6 Å². The average molecular weight is 133 g/mol. The summed E-state index contributed by atoms with van der Waals surface area (Å²) in [4.78, 5) is 14.0. The van der Waals surface area contributed by atoms with Crippen LogP contribution in [-0.4, -0.2) is 11.3 Å². The second-order valence-corrected chi connectivity index (χ2v) is 1.84. The van der Waals surface area contributed by atoms with Gasteiger partial charge in [-0.1, -0.05) is 12.7 Å². The Morgan fingerprint density at radius 3 is 3.00 bits per heavy atom. The fourth-order valence-electron chi connectivity index (χ4n) is 0.657. The number of aldehydes is 1. The molecule has 0 saturated heterocycles. The van der Waals surface area contributed by atoms with Gasteiger partial charge in [-0.25, -0.2) is 0 Å². The number of rotatable bonds is 2. The summed E-state index contributed by atoms with van der Waals surface area (Å²) in [5.74, 6) is 0. The smallest absolute Gasteiger partial charge is 0.168 e. The van der Waals surface area contributed by atoms with Gasteiger partial charge in [0.2, 0.25) is 0 Å². The minimum Gasteiger partial charge on any atom is -0.296 e. The van der Waals surface area contributed by atoms with Crippen molar-refractivity contribution in [1.82, 2.24) is 4.98 Å². The average Bonchev–Trinajstić information content (AvgIpc) is 2.05. The van der Waals surface area contributed by atoms with Crippen molar-refractivity contribution >= 4 is 12.4 Å². The number of carbonyl (C=O) groups excluding carboxylic acids is 1. The quantitative estimate of drug-likeness (QED) is 0.573. The molecule has 0 saturated carbocycles. The van der Waals surface area contributed by atoms with Gasteiger partial charge in [0, 0.05) is 6.20 Å². The van der Waals surface area contributed by atoms with E-state index in [1.54, 1.807) is 24.4 Å². The summed E-state index contributed by atoms with van der Waals surface area (Å²) in [5, 5.41) is 0. The summed E-state index contributed by atoms with van der Waals surface area (Å²) >= 11 is 0. The second kappa shape index (κ2) is 2.92. The summed E-state index contributed by atoms with van der Waals surface area (Å²) in [6, 6.07) is 3.47. The van der Waals surface area contributed by atoms with Crippen LogP contribution in [0.25, 0.3) is 6.08 Å². The molecule has 1 aromatic heterocycles. The van der Waals surface area contributed by atoms with E-state index in [0.717, 1.165) is 5.56 Å². The van der Waals surface area contributed by atoms with Crippen LogP contribution in [0.3, 0.4) is 0 Å². The van der Waals surface area contributed by atoms with Crippen LogP contribution in [-0.2, 0) is 0 Å².